The van der Waals surface area contributed by atoms with E-state index < -0.39 is 0 Å². The molecule has 0 spiro atoms. The second-order valence-corrected chi connectivity index (χ2v) is 10.2. The SMILES string of the molecule is CCCCNC(=O)Nc1cccc2c(C)c(C(CC)c3[nH]c4c(NC(=O)NCCCC)cccc4c3C)[nH]c12. The molecule has 0 atom stereocenters. The number of aromatic nitrogens is 2. The van der Waals surface area contributed by atoms with Gasteiger partial charge in [-0.15, -0.1) is 0 Å². The highest BCUT2D eigenvalue weighted by Crippen LogP contribution is 2.39. The Morgan fingerprint density at radius 3 is 1.54 bits per heavy atom. The van der Waals surface area contributed by atoms with E-state index in [0.29, 0.717) is 13.1 Å². The van der Waals surface area contributed by atoms with Crippen LogP contribution in [0.3, 0.4) is 0 Å². The summed E-state index contributed by atoms with van der Waals surface area (Å²) in [7, 11) is 0. The number of amides is 4. The number of para-hydroxylation sites is 2. The van der Waals surface area contributed by atoms with Crippen LogP contribution < -0.4 is 21.3 Å². The zero-order valence-electron chi connectivity index (χ0n) is 23.8. The first-order valence-electron chi connectivity index (χ1n) is 14.2. The van der Waals surface area contributed by atoms with Crippen molar-refractivity contribution in [1.82, 2.24) is 20.6 Å². The van der Waals surface area contributed by atoms with Gasteiger partial charge in [0.15, 0.2) is 0 Å². The summed E-state index contributed by atoms with van der Waals surface area (Å²) < 4.78 is 0. The molecule has 0 aliphatic carbocycles. The Bertz CT molecular complexity index is 1340. The number of urea groups is 2. The van der Waals surface area contributed by atoms with Crippen molar-refractivity contribution < 1.29 is 9.59 Å². The first-order chi connectivity index (χ1) is 18.9. The largest absolute Gasteiger partial charge is 0.356 e. The molecular weight excluding hydrogens is 488 g/mol. The number of fused-ring (bicyclic) bond motifs is 2. The van der Waals surface area contributed by atoms with Gasteiger partial charge in [-0.25, -0.2) is 9.59 Å². The lowest BCUT2D eigenvalue weighted by molar-refractivity contribution is 0.251. The Morgan fingerprint density at radius 2 is 1.15 bits per heavy atom. The molecule has 8 heteroatoms. The number of hydrogen-bond acceptors (Lipinski definition) is 2. The monoisotopic (exact) mass is 530 g/mol. The van der Waals surface area contributed by atoms with E-state index in [-0.39, 0.29) is 18.0 Å². The number of carbonyl (C=O) groups excluding carboxylic acids is 2. The highest BCUT2D eigenvalue weighted by atomic mass is 16.2. The van der Waals surface area contributed by atoms with Gasteiger partial charge in [0.2, 0.25) is 0 Å². The maximum absolute atomic E-state index is 12.5. The van der Waals surface area contributed by atoms with Crippen molar-refractivity contribution in [3.8, 4) is 0 Å². The number of carbonyl (C=O) groups is 2. The third-order valence-corrected chi connectivity index (χ3v) is 7.50. The smallest absolute Gasteiger partial charge is 0.319 e. The van der Waals surface area contributed by atoms with Gasteiger partial charge >= 0.3 is 12.1 Å². The van der Waals surface area contributed by atoms with Crippen molar-refractivity contribution in [3.63, 3.8) is 0 Å². The maximum atomic E-state index is 12.5. The third kappa shape index (κ3) is 6.05. The van der Waals surface area contributed by atoms with E-state index in [1.54, 1.807) is 0 Å². The molecule has 0 bridgehead atoms. The van der Waals surface area contributed by atoms with Gasteiger partial charge in [-0.1, -0.05) is 57.9 Å². The summed E-state index contributed by atoms with van der Waals surface area (Å²) in [6.07, 6.45) is 4.84. The first-order valence-corrected chi connectivity index (χ1v) is 14.2. The predicted octanol–water partition coefficient (Wildman–Crippen LogP) is 7.65. The molecule has 6 N–H and O–H groups in total. The summed E-state index contributed by atoms with van der Waals surface area (Å²) in [5, 5.41) is 14.1. The van der Waals surface area contributed by atoms with E-state index in [4.69, 9.17) is 0 Å². The van der Waals surface area contributed by atoms with Gasteiger partial charge in [-0.2, -0.15) is 0 Å². The third-order valence-electron chi connectivity index (χ3n) is 7.50. The Hall–Kier alpha value is -3.94. The zero-order chi connectivity index (χ0) is 27.9. The quantitative estimate of drug-likeness (QED) is 0.112. The lowest BCUT2D eigenvalue weighted by atomic mass is 9.92. The molecule has 2 aromatic carbocycles. The van der Waals surface area contributed by atoms with Crippen molar-refractivity contribution in [3.05, 3.63) is 58.9 Å². The van der Waals surface area contributed by atoms with Crippen molar-refractivity contribution in [2.75, 3.05) is 23.7 Å². The standard InChI is InChI=1S/C31H42N6O2/c1-6-9-17-32-30(38)34-24-15-11-13-22-19(4)26(36-28(22)24)21(8-3)27-20(5)23-14-12-16-25(29(23)37-27)35-31(39)33-18-10-7-2/h11-16,21,36-37H,6-10,17-18H2,1-5H3,(H2,32,34,38)(H2,33,35,39). The van der Waals surface area contributed by atoms with Gasteiger partial charge in [0.1, 0.15) is 0 Å². The molecule has 0 fully saturated rings. The van der Waals surface area contributed by atoms with Crippen LogP contribution in [0.1, 0.15) is 81.3 Å². The number of anilines is 2. The number of aryl methyl sites for hydroxylation is 2. The minimum atomic E-state index is -0.193. The molecule has 2 heterocycles. The highest BCUT2D eigenvalue weighted by molar-refractivity contribution is 6.03. The summed E-state index contributed by atoms with van der Waals surface area (Å²) in [6.45, 7) is 12.0. The first kappa shape index (κ1) is 28.1. The molecule has 0 unspecified atom stereocenters. The molecule has 4 rings (SSSR count). The van der Waals surface area contributed by atoms with Crippen LogP contribution in [0.25, 0.3) is 21.8 Å². The van der Waals surface area contributed by atoms with Crippen LogP contribution in [0.5, 0.6) is 0 Å². The molecule has 8 nitrogen and oxygen atoms in total. The van der Waals surface area contributed by atoms with Gasteiger partial charge < -0.3 is 31.2 Å². The zero-order valence-corrected chi connectivity index (χ0v) is 23.8. The number of aromatic amines is 2. The van der Waals surface area contributed by atoms with Crippen molar-refractivity contribution in [2.24, 2.45) is 0 Å². The molecular formula is C31H42N6O2. The molecule has 0 saturated heterocycles. The van der Waals surface area contributed by atoms with Crippen LogP contribution in [0, 0.1) is 13.8 Å². The van der Waals surface area contributed by atoms with Gasteiger partial charge in [-0.05, 0) is 56.4 Å². The normalized spacial score (nSPS) is 11.3. The molecule has 0 aliphatic heterocycles. The van der Waals surface area contributed by atoms with Crippen LogP contribution in [0.2, 0.25) is 0 Å². The summed E-state index contributed by atoms with van der Waals surface area (Å²) in [4.78, 5) is 32.3. The minimum absolute atomic E-state index is 0.0854. The second-order valence-electron chi connectivity index (χ2n) is 10.2. The van der Waals surface area contributed by atoms with Crippen LogP contribution in [-0.4, -0.2) is 35.1 Å². The molecule has 0 aliphatic rings. The average molecular weight is 531 g/mol. The van der Waals surface area contributed by atoms with Crippen LogP contribution in [0.15, 0.2) is 36.4 Å². The van der Waals surface area contributed by atoms with E-state index in [1.807, 2.05) is 24.3 Å². The Kier molecular flexibility index (Phi) is 9.17. The number of unbranched alkanes of at least 4 members (excludes halogenated alkanes) is 2. The number of benzene rings is 2. The van der Waals surface area contributed by atoms with Gasteiger partial charge in [0, 0.05) is 41.2 Å². The fraction of sp³-hybridized carbons (Fsp3) is 0.419. The maximum Gasteiger partial charge on any atom is 0.319 e. The molecule has 208 valence electrons. The summed E-state index contributed by atoms with van der Waals surface area (Å²) in [5.74, 6) is 0.0854. The van der Waals surface area contributed by atoms with Crippen molar-refractivity contribution in [1.29, 1.82) is 0 Å². The number of nitrogens with one attached hydrogen (secondary N) is 6. The molecule has 0 saturated carbocycles. The fourth-order valence-electron chi connectivity index (χ4n) is 5.29. The van der Waals surface area contributed by atoms with E-state index in [2.05, 4.69) is 78.0 Å². The Balaban J connectivity index is 1.67. The van der Waals surface area contributed by atoms with Crippen LogP contribution in [0.4, 0.5) is 21.0 Å². The summed E-state index contributed by atoms with van der Waals surface area (Å²) >= 11 is 0. The lowest BCUT2D eigenvalue weighted by Crippen LogP contribution is -2.29. The van der Waals surface area contributed by atoms with Crippen molar-refractivity contribution >= 4 is 45.2 Å². The molecule has 4 amide bonds. The topological polar surface area (TPSA) is 114 Å². The van der Waals surface area contributed by atoms with Gasteiger partial charge in [-0.3, -0.25) is 0 Å². The molecule has 2 aromatic heterocycles. The van der Waals surface area contributed by atoms with Gasteiger partial charge in [0.25, 0.3) is 0 Å². The Labute approximate surface area is 230 Å². The minimum Gasteiger partial charge on any atom is -0.356 e. The number of rotatable bonds is 11. The average Bonchev–Trinajstić information content (AvgIpc) is 3.43. The predicted molar refractivity (Wildman–Crippen MR) is 162 cm³/mol. The molecule has 4 aromatic rings. The van der Waals surface area contributed by atoms with Crippen LogP contribution in [-0.2, 0) is 0 Å². The second kappa shape index (κ2) is 12.7. The number of H-pyrrole nitrogens is 2. The van der Waals surface area contributed by atoms with E-state index >= 15 is 0 Å². The molecule has 0 radical (unpaired) electrons. The highest BCUT2D eigenvalue weighted by Gasteiger charge is 2.24. The number of hydrogen-bond donors (Lipinski definition) is 6. The van der Waals surface area contributed by atoms with Crippen molar-refractivity contribution in [2.45, 2.75) is 72.6 Å². The summed E-state index contributed by atoms with van der Waals surface area (Å²) in [6, 6.07) is 11.6. The fourth-order valence-corrected chi connectivity index (χ4v) is 5.29. The van der Waals surface area contributed by atoms with E-state index in [0.717, 1.165) is 76.7 Å². The molecule has 39 heavy (non-hydrogen) atoms. The lowest BCUT2D eigenvalue weighted by Gasteiger charge is -2.15. The summed E-state index contributed by atoms with van der Waals surface area (Å²) in [5.41, 5.74) is 7.95. The van der Waals surface area contributed by atoms with E-state index in [1.165, 1.54) is 11.1 Å². The Morgan fingerprint density at radius 1 is 0.718 bits per heavy atom. The van der Waals surface area contributed by atoms with E-state index in [9.17, 15) is 9.59 Å². The van der Waals surface area contributed by atoms with Gasteiger partial charge in [0.05, 0.1) is 22.4 Å². The van der Waals surface area contributed by atoms with Crippen LogP contribution >= 0.6 is 0 Å².